The van der Waals surface area contributed by atoms with Gasteiger partial charge < -0.3 is 14.5 Å². The van der Waals surface area contributed by atoms with E-state index in [2.05, 4.69) is 32.3 Å². The molecule has 0 saturated carbocycles. The number of nitrogens with one attached hydrogen (secondary N) is 1. The minimum absolute atomic E-state index is 0.713. The molecule has 1 aromatic carbocycles. The Balaban J connectivity index is 1.59. The number of nitrogens with zero attached hydrogens (tertiary/aromatic N) is 1. The third kappa shape index (κ3) is 3.58. The minimum Gasteiger partial charge on any atom is -0.496 e. The summed E-state index contributed by atoms with van der Waals surface area (Å²) in [7, 11) is 1.69. The molecular weight excluding hydrogens is 364 g/mol. The maximum atomic E-state index is 5.54. The van der Waals surface area contributed by atoms with Crippen LogP contribution in [0.25, 0.3) is 10.6 Å². The lowest BCUT2D eigenvalue weighted by Gasteiger charge is -2.08. The van der Waals surface area contributed by atoms with E-state index in [1.807, 2.05) is 36.5 Å². The van der Waals surface area contributed by atoms with E-state index >= 15 is 0 Å². The molecule has 4 nitrogen and oxygen atoms in total. The number of thiazole rings is 1. The quantitative estimate of drug-likeness (QED) is 0.687. The molecule has 1 N–H and O–H groups in total. The third-order valence-corrected chi connectivity index (χ3v) is 4.59. The van der Waals surface area contributed by atoms with Crippen molar-refractivity contribution in [2.45, 2.75) is 13.1 Å². The fourth-order valence-corrected chi connectivity index (χ4v) is 3.26. The number of furan rings is 1. The number of methoxy groups -OCH3 is 1. The number of ether oxygens (including phenoxy) is 1. The van der Waals surface area contributed by atoms with Crippen LogP contribution in [-0.4, -0.2) is 12.1 Å². The van der Waals surface area contributed by atoms with Crippen molar-refractivity contribution in [3.63, 3.8) is 0 Å². The van der Waals surface area contributed by atoms with Crippen molar-refractivity contribution < 1.29 is 9.15 Å². The Morgan fingerprint density at radius 3 is 2.86 bits per heavy atom. The summed E-state index contributed by atoms with van der Waals surface area (Å²) in [5, 5.41) is 4.42. The van der Waals surface area contributed by atoms with Crippen LogP contribution < -0.4 is 10.1 Å². The Morgan fingerprint density at radius 1 is 1.23 bits per heavy atom. The Kier molecular flexibility index (Phi) is 4.92. The second-order valence-corrected chi connectivity index (χ2v) is 6.53. The van der Waals surface area contributed by atoms with Crippen molar-refractivity contribution in [1.82, 2.24) is 10.3 Å². The molecule has 6 heteroatoms. The van der Waals surface area contributed by atoms with E-state index in [4.69, 9.17) is 9.15 Å². The van der Waals surface area contributed by atoms with Crippen LogP contribution in [-0.2, 0) is 13.1 Å². The monoisotopic (exact) mass is 378 g/mol. The molecule has 3 aromatic rings. The Hall–Kier alpha value is -1.63. The highest BCUT2D eigenvalue weighted by molar-refractivity contribution is 9.10. The molecule has 114 valence electrons. The van der Waals surface area contributed by atoms with Crippen LogP contribution in [0.5, 0.6) is 5.75 Å². The van der Waals surface area contributed by atoms with E-state index < -0.39 is 0 Å². The Labute approximate surface area is 141 Å². The molecule has 2 aromatic heterocycles. The van der Waals surface area contributed by atoms with E-state index in [9.17, 15) is 0 Å². The average Bonchev–Trinajstić information content (AvgIpc) is 3.17. The van der Waals surface area contributed by atoms with E-state index in [1.165, 1.54) is 0 Å². The number of hydrogen-bond acceptors (Lipinski definition) is 5. The zero-order valence-electron chi connectivity index (χ0n) is 12.0. The first-order valence-corrected chi connectivity index (χ1v) is 8.40. The highest BCUT2D eigenvalue weighted by atomic mass is 79.9. The largest absolute Gasteiger partial charge is 0.496 e. The molecule has 3 rings (SSSR count). The molecule has 0 radical (unpaired) electrons. The molecule has 0 atom stereocenters. The molecular formula is C16H15BrN2O2S. The predicted molar refractivity (Wildman–Crippen MR) is 91.1 cm³/mol. The highest BCUT2D eigenvalue weighted by Crippen LogP contribution is 2.29. The van der Waals surface area contributed by atoms with Gasteiger partial charge >= 0.3 is 0 Å². The topological polar surface area (TPSA) is 47.3 Å². The van der Waals surface area contributed by atoms with Crippen molar-refractivity contribution >= 4 is 27.3 Å². The van der Waals surface area contributed by atoms with Crippen molar-refractivity contribution in [3.8, 4) is 16.4 Å². The molecule has 0 unspecified atom stereocenters. The average molecular weight is 379 g/mol. The molecule has 2 heterocycles. The highest BCUT2D eigenvalue weighted by Gasteiger charge is 2.08. The van der Waals surface area contributed by atoms with Crippen molar-refractivity contribution in [3.05, 3.63) is 57.8 Å². The number of rotatable bonds is 6. The molecule has 0 aliphatic heterocycles. The smallest absolute Gasteiger partial charge is 0.169 e. The zero-order valence-corrected chi connectivity index (χ0v) is 14.4. The summed E-state index contributed by atoms with van der Waals surface area (Å²) in [6.45, 7) is 1.45. The van der Waals surface area contributed by atoms with Crippen LogP contribution in [0.1, 0.15) is 10.6 Å². The molecule has 0 aliphatic rings. The van der Waals surface area contributed by atoms with Crippen LogP contribution >= 0.6 is 27.3 Å². The normalized spacial score (nSPS) is 10.8. The van der Waals surface area contributed by atoms with Gasteiger partial charge in [-0.3, -0.25) is 0 Å². The van der Waals surface area contributed by atoms with Gasteiger partial charge in [0.2, 0.25) is 0 Å². The predicted octanol–water partition coefficient (Wildman–Crippen LogP) is 4.46. The van der Waals surface area contributed by atoms with Gasteiger partial charge in [0.15, 0.2) is 4.67 Å². The van der Waals surface area contributed by atoms with Gasteiger partial charge in [-0.25, -0.2) is 4.98 Å². The maximum Gasteiger partial charge on any atom is 0.169 e. The van der Waals surface area contributed by atoms with E-state index in [0.29, 0.717) is 6.54 Å². The summed E-state index contributed by atoms with van der Waals surface area (Å²) in [5.41, 5.74) is 1.14. The SMILES string of the molecule is COc1ccccc1CNCc1ncc(-c2ccc(Br)o2)s1. The molecule has 0 bridgehead atoms. The summed E-state index contributed by atoms with van der Waals surface area (Å²) in [6.07, 6.45) is 1.84. The number of halogens is 1. The first kappa shape index (κ1) is 15.3. The van der Waals surface area contributed by atoms with Crippen molar-refractivity contribution in [2.24, 2.45) is 0 Å². The number of para-hydroxylation sites is 1. The second-order valence-electron chi connectivity index (χ2n) is 4.64. The van der Waals surface area contributed by atoms with Gasteiger partial charge in [-0.15, -0.1) is 11.3 Å². The van der Waals surface area contributed by atoms with Crippen LogP contribution in [0.15, 0.2) is 51.7 Å². The van der Waals surface area contributed by atoms with Gasteiger partial charge in [0.25, 0.3) is 0 Å². The van der Waals surface area contributed by atoms with Crippen LogP contribution in [0, 0.1) is 0 Å². The third-order valence-electron chi connectivity index (χ3n) is 3.15. The van der Waals surface area contributed by atoms with Crippen molar-refractivity contribution in [1.29, 1.82) is 0 Å². The fourth-order valence-electron chi connectivity index (χ4n) is 2.11. The molecule has 0 saturated heterocycles. The molecule has 0 aliphatic carbocycles. The lowest BCUT2D eigenvalue weighted by molar-refractivity contribution is 0.407. The Bertz CT molecular complexity index is 754. The summed E-state index contributed by atoms with van der Waals surface area (Å²) >= 11 is 4.94. The van der Waals surface area contributed by atoms with Gasteiger partial charge in [-0.05, 0) is 34.1 Å². The van der Waals surface area contributed by atoms with Gasteiger partial charge in [-0.2, -0.15) is 0 Å². The molecule has 22 heavy (non-hydrogen) atoms. The first-order valence-electron chi connectivity index (χ1n) is 6.79. The standard InChI is InChI=1S/C16H15BrN2O2S/c1-20-12-5-3-2-4-11(12)8-18-10-16-19-9-14(22-16)13-6-7-15(17)21-13/h2-7,9,18H,8,10H2,1H3. The van der Waals surface area contributed by atoms with Crippen LogP contribution in [0.2, 0.25) is 0 Å². The van der Waals surface area contributed by atoms with Crippen LogP contribution in [0.3, 0.4) is 0 Å². The number of aromatic nitrogens is 1. The molecule has 0 amide bonds. The number of hydrogen-bond donors (Lipinski definition) is 1. The molecule has 0 fully saturated rings. The minimum atomic E-state index is 0.713. The Morgan fingerprint density at radius 2 is 2.09 bits per heavy atom. The molecule has 0 spiro atoms. The summed E-state index contributed by atoms with van der Waals surface area (Å²) < 4.78 is 11.6. The van der Waals surface area contributed by atoms with Gasteiger partial charge in [0, 0.05) is 24.8 Å². The zero-order chi connectivity index (χ0) is 15.4. The van der Waals surface area contributed by atoms with Crippen molar-refractivity contribution in [2.75, 3.05) is 7.11 Å². The summed E-state index contributed by atoms with van der Waals surface area (Å²) in [5.74, 6) is 1.73. The van der Waals surface area contributed by atoms with E-state index in [1.54, 1.807) is 18.4 Å². The maximum absolute atomic E-state index is 5.54. The lowest BCUT2D eigenvalue weighted by Crippen LogP contribution is -2.13. The van der Waals surface area contributed by atoms with E-state index in [0.717, 1.165) is 38.2 Å². The summed E-state index contributed by atoms with van der Waals surface area (Å²) in [6, 6.07) is 11.8. The van der Waals surface area contributed by atoms with Crippen LogP contribution in [0.4, 0.5) is 0 Å². The van der Waals surface area contributed by atoms with E-state index in [-0.39, 0.29) is 0 Å². The number of benzene rings is 1. The lowest BCUT2D eigenvalue weighted by atomic mass is 10.2. The second kappa shape index (κ2) is 7.09. The van der Waals surface area contributed by atoms with Gasteiger partial charge in [-0.1, -0.05) is 18.2 Å². The summed E-state index contributed by atoms with van der Waals surface area (Å²) in [4.78, 5) is 5.45. The van der Waals surface area contributed by atoms with Gasteiger partial charge in [0.05, 0.1) is 12.0 Å². The fraction of sp³-hybridized carbons (Fsp3) is 0.188. The van der Waals surface area contributed by atoms with Gasteiger partial charge in [0.1, 0.15) is 16.5 Å². The first-order chi connectivity index (χ1) is 10.8.